The van der Waals surface area contributed by atoms with Crippen molar-refractivity contribution >= 4 is 33.4 Å². The first-order chi connectivity index (χ1) is 18.5. The Hall–Kier alpha value is -4.10. The number of nitrogens with zero attached hydrogens (tertiary/aromatic N) is 2. The Balaban J connectivity index is 1.80. The number of alkyl halides is 3. The number of methoxy groups -OCH3 is 1. The number of thioether (sulfide) groups is 1. The van der Waals surface area contributed by atoms with E-state index in [1.807, 2.05) is 60.7 Å². The Morgan fingerprint density at radius 3 is 1.97 bits per heavy atom. The number of carbonyl (C=O) groups is 1. The van der Waals surface area contributed by atoms with Gasteiger partial charge in [0, 0.05) is 11.1 Å². The predicted octanol–water partition coefficient (Wildman–Crippen LogP) is 6.37. The van der Waals surface area contributed by atoms with Crippen LogP contribution in [0.25, 0.3) is 22.5 Å². The summed E-state index contributed by atoms with van der Waals surface area (Å²) in [5.41, 5.74) is -4.03. The van der Waals surface area contributed by atoms with E-state index in [-0.39, 0.29) is 11.6 Å². The first-order valence-corrected chi connectivity index (χ1v) is 13.8. The molecule has 202 valence electrons. The maximum atomic E-state index is 12.9. The van der Waals surface area contributed by atoms with Crippen molar-refractivity contribution in [2.24, 2.45) is 0 Å². The van der Waals surface area contributed by atoms with Crippen LogP contribution >= 0.6 is 11.8 Å². The van der Waals surface area contributed by atoms with Gasteiger partial charge in [-0.15, -0.1) is 11.8 Å². The molecule has 0 bridgehead atoms. The molecule has 1 heterocycles. The molecule has 1 N–H and O–H groups in total. The summed E-state index contributed by atoms with van der Waals surface area (Å²) in [6.45, 7) is 0. The largest absolute Gasteiger partial charge is 0.516 e. The van der Waals surface area contributed by atoms with Gasteiger partial charge >= 0.3 is 21.5 Å². The molecule has 4 aromatic rings. The minimum absolute atomic E-state index is 0.0126. The third-order valence-corrected chi connectivity index (χ3v) is 7.03. The number of esters is 1. The van der Waals surface area contributed by atoms with Crippen LogP contribution in [-0.2, 0) is 14.8 Å². The van der Waals surface area contributed by atoms with Crippen LogP contribution in [0.5, 0.6) is 11.6 Å². The number of rotatable bonds is 8. The Morgan fingerprint density at radius 1 is 0.897 bits per heavy atom. The number of carbonyl (C=O) groups excluding carboxylic acids is 1. The van der Waals surface area contributed by atoms with E-state index in [0.717, 1.165) is 30.4 Å². The molecule has 0 unspecified atom stereocenters. The molecule has 0 aliphatic rings. The number of aromatic nitrogens is 2. The zero-order chi connectivity index (χ0) is 28.2. The number of halogens is 3. The monoisotopic (exact) mass is 575 g/mol. The second kappa shape index (κ2) is 11.3. The van der Waals surface area contributed by atoms with Crippen LogP contribution in [0, 0.1) is 0 Å². The lowest BCUT2D eigenvalue weighted by atomic mass is 10.0. The Labute approximate surface area is 226 Å². The van der Waals surface area contributed by atoms with Gasteiger partial charge in [-0.3, -0.25) is 4.72 Å². The van der Waals surface area contributed by atoms with Crippen molar-refractivity contribution in [2.75, 3.05) is 18.1 Å². The second-order valence-corrected chi connectivity index (χ2v) is 10.3. The summed E-state index contributed by atoms with van der Waals surface area (Å²) in [6.07, 6.45) is 1.77. The molecular weight excluding hydrogens is 555 g/mol. The number of hydrogen-bond acceptors (Lipinski definition) is 8. The van der Waals surface area contributed by atoms with Gasteiger partial charge in [-0.1, -0.05) is 60.7 Å². The van der Waals surface area contributed by atoms with Crippen molar-refractivity contribution in [3.63, 3.8) is 0 Å². The highest BCUT2D eigenvalue weighted by atomic mass is 32.2. The summed E-state index contributed by atoms with van der Waals surface area (Å²) in [6, 6.07) is 21.9. The molecule has 0 aliphatic heterocycles. The van der Waals surface area contributed by atoms with Crippen LogP contribution in [0.2, 0.25) is 0 Å². The molecule has 0 aliphatic carbocycles. The van der Waals surface area contributed by atoms with Gasteiger partial charge < -0.3 is 9.47 Å². The van der Waals surface area contributed by atoms with E-state index in [1.54, 1.807) is 6.26 Å². The molecule has 39 heavy (non-hydrogen) atoms. The van der Waals surface area contributed by atoms with Crippen LogP contribution in [-0.4, -0.2) is 43.2 Å². The Kier molecular flexibility index (Phi) is 8.11. The SMILES string of the molecule is COC(=O)c1cc(Oc2nc(-c3ccccc3)c(-c3ccccc3)nc2SC)ccc1NS(=O)(=O)C(F)(F)F. The summed E-state index contributed by atoms with van der Waals surface area (Å²) in [4.78, 5) is 21.8. The third kappa shape index (κ3) is 6.15. The summed E-state index contributed by atoms with van der Waals surface area (Å²) >= 11 is 1.25. The molecule has 4 rings (SSSR count). The quantitative estimate of drug-likeness (QED) is 0.191. The van der Waals surface area contributed by atoms with E-state index in [2.05, 4.69) is 4.74 Å². The first-order valence-electron chi connectivity index (χ1n) is 11.1. The van der Waals surface area contributed by atoms with E-state index in [9.17, 15) is 26.4 Å². The highest BCUT2D eigenvalue weighted by molar-refractivity contribution is 7.98. The highest BCUT2D eigenvalue weighted by Crippen LogP contribution is 2.38. The molecule has 0 fully saturated rings. The second-order valence-electron chi connectivity index (χ2n) is 7.82. The average molecular weight is 576 g/mol. The molecule has 0 spiro atoms. The summed E-state index contributed by atoms with van der Waals surface area (Å²) in [7, 11) is -4.79. The average Bonchev–Trinajstić information content (AvgIpc) is 2.93. The van der Waals surface area contributed by atoms with Gasteiger partial charge in [0.25, 0.3) is 5.88 Å². The molecule has 3 aromatic carbocycles. The van der Waals surface area contributed by atoms with Gasteiger partial charge in [0.1, 0.15) is 11.4 Å². The van der Waals surface area contributed by atoms with E-state index >= 15 is 0 Å². The van der Waals surface area contributed by atoms with Gasteiger partial charge in [-0.05, 0) is 24.5 Å². The van der Waals surface area contributed by atoms with Crippen molar-refractivity contribution in [3.05, 3.63) is 84.4 Å². The summed E-state index contributed by atoms with van der Waals surface area (Å²) in [5, 5.41) is 0.398. The van der Waals surface area contributed by atoms with Gasteiger partial charge in [0.05, 0.1) is 24.1 Å². The topological polar surface area (TPSA) is 107 Å². The van der Waals surface area contributed by atoms with Crippen LogP contribution in [0.4, 0.5) is 18.9 Å². The van der Waals surface area contributed by atoms with Gasteiger partial charge in [-0.25, -0.2) is 14.8 Å². The van der Waals surface area contributed by atoms with E-state index < -0.39 is 32.8 Å². The van der Waals surface area contributed by atoms with Crippen LogP contribution in [0.3, 0.4) is 0 Å². The first kappa shape index (κ1) is 27.9. The molecule has 1 aromatic heterocycles. The lowest BCUT2D eigenvalue weighted by Crippen LogP contribution is -2.30. The minimum Gasteiger partial charge on any atom is -0.465 e. The van der Waals surface area contributed by atoms with Crippen LogP contribution in [0.15, 0.2) is 83.9 Å². The lowest BCUT2D eigenvalue weighted by Gasteiger charge is -2.16. The molecule has 8 nitrogen and oxygen atoms in total. The summed E-state index contributed by atoms with van der Waals surface area (Å²) in [5.74, 6) is -1.03. The number of hydrogen-bond donors (Lipinski definition) is 1. The fourth-order valence-corrected chi connectivity index (χ4v) is 4.50. The van der Waals surface area contributed by atoms with Crippen molar-refractivity contribution in [3.8, 4) is 34.1 Å². The number of ether oxygens (including phenoxy) is 2. The van der Waals surface area contributed by atoms with E-state index in [1.165, 1.54) is 22.6 Å². The smallest absolute Gasteiger partial charge is 0.465 e. The predicted molar refractivity (Wildman–Crippen MR) is 141 cm³/mol. The fraction of sp³-hybridized carbons (Fsp3) is 0.115. The lowest BCUT2D eigenvalue weighted by molar-refractivity contribution is -0.0429. The van der Waals surface area contributed by atoms with Gasteiger partial charge in [-0.2, -0.15) is 21.6 Å². The standard InChI is InChI=1S/C26H20F3N3O5S2/c1-36-25(33)19-15-18(13-14-20(19)32-39(34,35)26(27,28)29)37-23-24(38-2)31-22(17-11-7-4-8-12-17)21(30-23)16-9-5-3-6-10-16/h3-15,32H,1-2H3. The van der Waals surface area contributed by atoms with Crippen molar-refractivity contribution < 1.29 is 35.9 Å². The van der Waals surface area contributed by atoms with E-state index in [4.69, 9.17) is 14.7 Å². The molecule has 0 amide bonds. The maximum Gasteiger partial charge on any atom is 0.516 e. The van der Waals surface area contributed by atoms with Crippen molar-refractivity contribution in [1.29, 1.82) is 0 Å². The molecule has 13 heteroatoms. The van der Waals surface area contributed by atoms with Crippen LogP contribution in [0.1, 0.15) is 10.4 Å². The fourth-order valence-electron chi connectivity index (χ4n) is 3.47. The third-order valence-electron chi connectivity index (χ3n) is 5.28. The molecule has 0 saturated heterocycles. The Bertz CT molecular complexity index is 1600. The maximum absolute atomic E-state index is 12.9. The van der Waals surface area contributed by atoms with Gasteiger partial charge in [0.2, 0.25) is 0 Å². The molecule has 0 atom stereocenters. The highest BCUT2D eigenvalue weighted by Gasteiger charge is 2.46. The van der Waals surface area contributed by atoms with Crippen molar-refractivity contribution in [2.45, 2.75) is 10.5 Å². The minimum atomic E-state index is -5.79. The van der Waals surface area contributed by atoms with Gasteiger partial charge in [0.15, 0.2) is 5.03 Å². The van der Waals surface area contributed by atoms with Crippen LogP contribution < -0.4 is 9.46 Å². The van der Waals surface area contributed by atoms with E-state index in [0.29, 0.717) is 16.4 Å². The zero-order valence-corrected chi connectivity index (χ0v) is 22.0. The number of nitrogens with one attached hydrogen (secondary N) is 1. The normalized spacial score (nSPS) is 11.6. The van der Waals surface area contributed by atoms with Crippen molar-refractivity contribution in [1.82, 2.24) is 9.97 Å². The number of anilines is 1. The Morgan fingerprint density at radius 2 is 1.46 bits per heavy atom. The molecule has 0 saturated carbocycles. The molecule has 0 radical (unpaired) electrons. The summed E-state index contributed by atoms with van der Waals surface area (Å²) < 4.78 is 73.9. The number of sulfonamides is 1. The zero-order valence-electron chi connectivity index (χ0n) is 20.4. The number of benzene rings is 3. The molecular formula is C26H20F3N3O5S2.